The number of carbonyl (C=O) groups excluding carboxylic acids is 2. The van der Waals surface area contributed by atoms with Crippen molar-refractivity contribution in [2.45, 2.75) is 51.9 Å². The van der Waals surface area contributed by atoms with E-state index < -0.39 is 0 Å². The van der Waals surface area contributed by atoms with Gasteiger partial charge in [0.25, 0.3) is 0 Å². The lowest BCUT2D eigenvalue weighted by Crippen LogP contribution is -2.33. The Morgan fingerprint density at radius 3 is 2.17 bits per heavy atom. The maximum Gasteiger partial charge on any atom is 0.223 e. The number of rotatable bonds is 6. The van der Waals surface area contributed by atoms with Gasteiger partial charge < -0.3 is 9.64 Å². The van der Waals surface area contributed by atoms with Gasteiger partial charge in [-0.3, -0.25) is 9.59 Å². The zero-order valence-corrected chi connectivity index (χ0v) is 14.1. The molecule has 1 aromatic carbocycles. The van der Waals surface area contributed by atoms with E-state index in [2.05, 4.69) is 0 Å². The molecule has 1 amide bonds. The molecule has 1 aromatic rings. The molecule has 4 heteroatoms. The molecule has 0 bridgehead atoms. The highest BCUT2D eigenvalue weighted by Gasteiger charge is 2.16. The summed E-state index contributed by atoms with van der Waals surface area (Å²) >= 11 is 0. The Hall–Kier alpha value is -1.84. The van der Waals surface area contributed by atoms with Crippen LogP contribution in [0.25, 0.3) is 0 Å². The van der Waals surface area contributed by atoms with Crippen LogP contribution < -0.4 is 4.74 Å². The quantitative estimate of drug-likeness (QED) is 0.749. The molecule has 0 atom stereocenters. The number of likely N-dealkylation sites (tertiary alicyclic amines) is 1. The van der Waals surface area contributed by atoms with Crippen molar-refractivity contribution >= 4 is 11.7 Å². The van der Waals surface area contributed by atoms with Gasteiger partial charge in [0, 0.05) is 31.5 Å². The van der Waals surface area contributed by atoms with Gasteiger partial charge in [-0.15, -0.1) is 0 Å². The van der Waals surface area contributed by atoms with Gasteiger partial charge >= 0.3 is 0 Å². The molecule has 0 aliphatic carbocycles. The van der Waals surface area contributed by atoms with Crippen LogP contribution in [0.2, 0.25) is 0 Å². The molecule has 0 radical (unpaired) electrons. The van der Waals surface area contributed by atoms with Crippen LogP contribution in [0.15, 0.2) is 24.3 Å². The summed E-state index contributed by atoms with van der Waals surface area (Å²) in [5.41, 5.74) is 0.647. The molecule has 1 aliphatic rings. The number of amides is 1. The normalized spacial score (nSPS) is 15.6. The molecular formula is C19H27NO3. The summed E-state index contributed by atoms with van der Waals surface area (Å²) in [5, 5.41) is 0. The van der Waals surface area contributed by atoms with E-state index in [1.54, 1.807) is 24.3 Å². The minimum Gasteiger partial charge on any atom is -0.494 e. The largest absolute Gasteiger partial charge is 0.494 e. The van der Waals surface area contributed by atoms with Crippen LogP contribution in [-0.4, -0.2) is 36.3 Å². The van der Waals surface area contributed by atoms with Crippen molar-refractivity contribution in [3.8, 4) is 5.75 Å². The number of hydrogen-bond donors (Lipinski definition) is 0. The van der Waals surface area contributed by atoms with Crippen LogP contribution in [0.5, 0.6) is 5.75 Å². The molecule has 0 unspecified atom stereocenters. The number of nitrogens with zero attached hydrogens (tertiary/aromatic N) is 1. The Morgan fingerprint density at radius 2 is 1.57 bits per heavy atom. The predicted octanol–water partition coefficient (Wildman–Crippen LogP) is 3.84. The van der Waals surface area contributed by atoms with Gasteiger partial charge in [-0.1, -0.05) is 19.3 Å². The minimum absolute atomic E-state index is 0.0217. The van der Waals surface area contributed by atoms with E-state index >= 15 is 0 Å². The molecule has 4 nitrogen and oxygen atoms in total. The first-order valence-electron chi connectivity index (χ1n) is 8.74. The van der Waals surface area contributed by atoms with Gasteiger partial charge in [0.2, 0.25) is 5.91 Å². The first kappa shape index (κ1) is 17.5. The molecule has 0 spiro atoms. The molecule has 0 aromatic heterocycles. The highest BCUT2D eigenvalue weighted by atomic mass is 16.5. The van der Waals surface area contributed by atoms with Crippen LogP contribution in [-0.2, 0) is 4.79 Å². The lowest BCUT2D eigenvalue weighted by molar-refractivity contribution is -0.131. The molecule has 23 heavy (non-hydrogen) atoms. The van der Waals surface area contributed by atoms with Crippen LogP contribution in [0.3, 0.4) is 0 Å². The van der Waals surface area contributed by atoms with Crippen LogP contribution >= 0.6 is 0 Å². The molecule has 1 aliphatic heterocycles. The minimum atomic E-state index is 0.0217. The standard InChI is InChI=1S/C19H27NO3/c1-2-23-17-10-8-16(9-11-17)18(21)12-13-19(22)20-14-6-4-3-5-7-15-20/h8-11H,2-7,12-15H2,1H3. The maximum absolute atomic E-state index is 12.3. The van der Waals surface area contributed by atoms with Gasteiger partial charge in [0.1, 0.15) is 5.75 Å². The number of ether oxygens (including phenoxy) is 1. The zero-order chi connectivity index (χ0) is 16.5. The van der Waals surface area contributed by atoms with Gasteiger partial charge in [-0.25, -0.2) is 0 Å². The highest BCUT2D eigenvalue weighted by Crippen LogP contribution is 2.15. The van der Waals surface area contributed by atoms with Crippen molar-refractivity contribution in [3.63, 3.8) is 0 Å². The Morgan fingerprint density at radius 1 is 0.957 bits per heavy atom. The average molecular weight is 317 g/mol. The van der Waals surface area contributed by atoms with Gasteiger partial charge in [0.15, 0.2) is 5.78 Å². The summed E-state index contributed by atoms with van der Waals surface area (Å²) < 4.78 is 5.37. The van der Waals surface area contributed by atoms with Crippen LogP contribution in [0.1, 0.15) is 62.2 Å². The summed E-state index contributed by atoms with van der Waals surface area (Å²) in [5.74, 6) is 0.903. The third kappa shape index (κ3) is 5.70. The fourth-order valence-electron chi connectivity index (χ4n) is 2.92. The first-order chi connectivity index (χ1) is 11.2. The van der Waals surface area contributed by atoms with Gasteiger partial charge in [-0.05, 0) is 44.0 Å². The zero-order valence-electron chi connectivity index (χ0n) is 14.1. The maximum atomic E-state index is 12.3. The topological polar surface area (TPSA) is 46.6 Å². The molecule has 126 valence electrons. The van der Waals surface area contributed by atoms with Crippen molar-refractivity contribution < 1.29 is 14.3 Å². The fraction of sp³-hybridized carbons (Fsp3) is 0.579. The lowest BCUT2D eigenvalue weighted by atomic mass is 10.0. The summed E-state index contributed by atoms with van der Waals surface area (Å²) in [6, 6.07) is 7.15. The second-order valence-electron chi connectivity index (χ2n) is 6.03. The Bertz CT molecular complexity index is 502. The fourth-order valence-corrected chi connectivity index (χ4v) is 2.92. The molecule has 0 saturated carbocycles. The van der Waals surface area contributed by atoms with E-state index in [1.165, 1.54) is 19.3 Å². The van der Waals surface area contributed by atoms with E-state index in [-0.39, 0.29) is 18.1 Å². The number of hydrogen-bond acceptors (Lipinski definition) is 3. The molecule has 1 saturated heterocycles. The van der Waals surface area contributed by atoms with Crippen molar-refractivity contribution in [1.82, 2.24) is 4.90 Å². The van der Waals surface area contributed by atoms with Crippen molar-refractivity contribution in [1.29, 1.82) is 0 Å². The van der Waals surface area contributed by atoms with E-state index in [1.807, 2.05) is 11.8 Å². The van der Waals surface area contributed by atoms with E-state index in [4.69, 9.17) is 4.74 Å². The van der Waals surface area contributed by atoms with E-state index in [0.717, 1.165) is 31.7 Å². The summed E-state index contributed by atoms with van der Waals surface area (Å²) in [4.78, 5) is 26.4. The van der Waals surface area contributed by atoms with Crippen molar-refractivity contribution in [3.05, 3.63) is 29.8 Å². The lowest BCUT2D eigenvalue weighted by Gasteiger charge is -2.24. The molecule has 0 N–H and O–H groups in total. The summed E-state index contributed by atoms with van der Waals surface area (Å²) in [7, 11) is 0. The average Bonchev–Trinajstić information content (AvgIpc) is 2.53. The predicted molar refractivity (Wildman–Crippen MR) is 90.8 cm³/mol. The number of carbonyl (C=O) groups is 2. The SMILES string of the molecule is CCOc1ccc(C(=O)CCC(=O)N2CCCCCCC2)cc1. The summed E-state index contributed by atoms with van der Waals surface area (Å²) in [6.07, 6.45) is 6.44. The molecule has 2 rings (SSSR count). The number of Topliss-reactive ketones (excluding diaryl/α,β-unsaturated/α-hetero) is 1. The molecule has 1 heterocycles. The summed E-state index contributed by atoms with van der Waals surface area (Å²) in [6.45, 7) is 4.22. The van der Waals surface area contributed by atoms with Crippen molar-refractivity contribution in [2.75, 3.05) is 19.7 Å². The van der Waals surface area contributed by atoms with Crippen molar-refractivity contribution in [2.24, 2.45) is 0 Å². The van der Waals surface area contributed by atoms with Gasteiger partial charge in [-0.2, -0.15) is 0 Å². The van der Waals surface area contributed by atoms with Crippen LogP contribution in [0, 0.1) is 0 Å². The first-order valence-corrected chi connectivity index (χ1v) is 8.74. The van der Waals surface area contributed by atoms with Crippen LogP contribution in [0.4, 0.5) is 0 Å². The number of ketones is 1. The molecule has 1 fully saturated rings. The third-order valence-corrected chi connectivity index (χ3v) is 4.26. The number of benzene rings is 1. The second kappa shape index (κ2) is 9.33. The smallest absolute Gasteiger partial charge is 0.223 e. The second-order valence-corrected chi connectivity index (χ2v) is 6.03. The van der Waals surface area contributed by atoms with E-state index in [0.29, 0.717) is 18.6 Å². The highest BCUT2D eigenvalue weighted by molar-refractivity contribution is 5.98. The van der Waals surface area contributed by atoms with Gasteiger partial charge in [0.05, 0.1) is 6.61 Å². The monoisotopic (exact) mass is 317 g/mol. The Balaban J connectivity index is 1.81. The Labute approximate surface area is 138 Å². The molecular weight excluding hydrogens is 290 g/mol. The third-order valence-electron chi connectivity index (χ3n) is 4.26. The van der Waals surface area contributed by atoms with E-state index in [9.17, 15) is 9.59 Å². The Kier molecular flexibility index (Phi) is 7.11.